The number of hydrogen-bond donors (Lipinski definition) is 0. The van der Waals surface area contributed by atoms with E-state index in [4.69, 9.17) is 21.1 Å². The Labute approximate surface area is 131 Å². The summed E-state index contributed by atoms with van der Waals surface area (Å²) >= 11 is 6.01. The standard InChI is InChI=1S/C17H23ClO3/c1-5-20-15(16(19)21-6-2)12-17(3,4)11-13-8-7-9-14(18)10-13/h7-10,12H,5-6,11H2,1-4H3. The van der Waals surface area contributed by atoms with Gasteiger partial charge >= 0.3 is 5.97 Å². The van der Waals surface area contributed by atoms with Crippen LogP contribution in [0.3, 0.4) is 0 Å². The molecule has 0 aliphatic carbocycles. The molecule has 0 aliphatic rings. The maximum atomic E-state index is 11.9. The van der Waals surface area contributed by atoms with Gasteiger partial charge < -0.3 is 9.47 Å². The van der Waals surface area contributed by atoms with E-state index in [9.17, 15) is 4.79 Å². The van der Waals surface area contributed by atoms with E-state index in [1.54, 1.807) is 6.92 Å². The maximum absolute atomic E-state index is 11.9. The van der Waals surface area contributed by atoms with Crippen molar-refractivity contribution in [2.45, 2.75) is 34.1 Å². The lowest BCUT2D eigenvalue weighted by atomic mass is 9.85. The first-order chi connectivity index (χ1) is 9.88. The first-order valence-electron chi connectivity index (χ1n) is 7.15. The van der Waals surface area contributed by atoms with Crippen LogP contribution in [0.5, 0.6) is 0 Å². The van der Waals surface area contributed by atoms with E-state index in [0.29, 0.717) is 18.2 Å². The Bertz CT molecular complexity index is 507. The number of carbonyl (C=O) groups excluding carboxylic acids is 1. The zero-order chi connectivity index (χ0) is 15.9. The Morgan fingerprint density at radius 2 is 1.90 bits per heavy atom. The topological polar surface area (TPSA) is 35.5 Å². The molecule has 0 aliphatic heterocycles. The van der Waals surface area contributed by atoms with Gasteiger partial charge in [-0.25, -0.2) is 4.79 Å². The summed E-state index contributed by atoms with van der Waals surface area (Å²) in [7, 11) is 0. The molecule has 1 aromatic rings. The fourth-order valence-electron chi connectivity index (χ4n) is 2.10. The van der Waals surface area contributed by atoms with Gasteiger partial charge in [-0.1, -0.05) is 37.6 Å². The normalized spacial score (nSPS) is 12.1. The number of carbonyl (C=O) groups is 1. The molecule has 0 heterocycles. The molecule has 0 bridgehead atoms. The Morgan fingerprint density at radius 1 is 1.24 bits per heavy atom. The van der Waals surface area contributed by atoms with E-state index in [0.717, 1.165) is 12.0 Å². The highest BCUT2D eigenvalue weighted by Gasteiger charge is 2.21. The molecular weight excluding hydrogens is 288 g/mol. The van der Waals surface area contributed by atoms with Gasteiger partial charge in [0.2, 0.25) is 5.76 Å². The predicted molar refractivity (Wildman–Crippen MR) is 85.3 cm³/mol. The monoisotopic (exact) mass is 310 g/mol. The SMILES string of the molecule is CCOC(=O)C(=CC(C)(C)Cc1cccc(Cl)c1)OCC. The third kappa shape index (κ3) is 6.21. The minimum atomic E-state index is -0.418. The molecule has 0 saturated carbocycles. The molecule has 0 N–H and O–H groups in total. The van der Waals surface area contributed by atoms with E-state index < -0.39 is 5.97 Å². The van der Waals surface area contributed by atoms with Gasteiger partial charge in [0.15, 0.2) is 0 Å². The number of allylic oxidation sites excluding steroid dienone is 1. The van der Waals surface area contributed by atoms with E-state index in [1.807, 2.05) is 51.1 Å². The molecule has 0 aromatic heterocycles. The Hall–Kier alpha value is -1.48. The van der Waals surface area contributed by atoms with Crippen molar-refractivity contribution >= 4 is 17.6 Å². The second kappa shape index (κ2) is 8.08. The smallest absolute Gasteiger partial charge is 0.373 e. The molecule has 4 heteroatoms. The van der Waals surface area contributed by atoms with Crippen molar-refractivity contribution in [3.8, 4) is 0 Å². The summed E-state index contributed by atoms with van der Waals surface area (Å²) in [6, 6.07) is 7.72. The van der Waals surface area contributed by atoms with Crippen LogP contribution in [0, 0.1) is 5.41 Å². The first kappa shape index (κ1) is 17.6. The third-order valence-corrected chi connectivity index (χ3v) is 3.08. The lowest BCUT2D eigenvalue weighted by molar-refractivity contribution is -0.142. The lowest BCUT2D eigenvalue weighted by Crippen LogP contribution is -2.18. The molecule has 0 spiro atoms. The van der Waals surface area contributed by atoms with Crippen molar-refractivity contribution in [1.82, 2.24) is 0 Å². The van der Waals surface area contributed by atoms with Crippen molar-refractivity contribution in [3.05, 3.63) is 46.7 Å². The number of esters is 1. The van der Waals surface area contributed by atoms with Crippen LogP contribution in [0.4, 0.5) is 0 Å². The van der Waals surface area contributed by atoms with Crippen molar-refractivity contribution in [3.63, 3.8) is 0 Å². The minimum absolute atomic E-state index is 0.248. The number of hydrogen-bond acceptors (Lipinski definition) is 3. The Balaban J connectivity index is 2.92. The maximum Gasteiger partial charge on any atom is 0.373 e. The molecule has 0 atom stereocenters. The van der Waals surface area contributed by atoms with Gasteiger partial charge in [0.05, 0.1) is 13.2 Å². The Morgan fingerprint density at radius 3 is 2.48 bits per heavy atom. The first-order valence-corrected chi connectivity index (χ1v) is 7.53. The fourth-order valence-corrected chi connectivity index (χ4v) is 2.31. The number of ether oxygens (including phenoxy) is 2. The van der Waals surface area contributed by atoms with E-state index in [1.165, 1.54) is 0 Å². The van der Waals surface area contributed by atoms with Crippen molar-refractivity contribution < 1.29 is 14.3 Å². The van der Waals surface area contributed by atoms with Crippen molar-refractivity contribution in [2.75, 3.05) is 13.2 Å². The van der Waals surface area contributed by atoms with Crippen LogP contribution >= 0.6 is 11.6 Å². The summed E-state index contributed by atoms with van der Waals surface area (Å²) < 4.78 is 10.4. The summed E-state index contributed by atoms with van der Waals surface area (Å²) in [5.41, 5.74) is 0.866. The van der Waals surface area contributed by atoms with Gasteiger partial charge in [0.1, 0.15) is 0 Å². The van der Waals surface area contributed by atoms with Crippen LogP contribution in [-0.2, 0) is 20.7 Å². The van der Waals surface area contributed by atoms with Crippen molar-refractivity contribution in [2.24, 2.45) is 5.41 Å². The van der Waals surface area contributed by atoms with Crippen LogP contribution in [0.2, 0.25) is 5.02 Å². The second-order valence-corrected chi connectivity index (χ2v) is 5.89. The van der Waals surface area contributed by atoms with Crippen LogP contribution in [0.1, 0.15) is 33.3 Å². The van der Waals surface area contributed by atoms with Crippen LogP contribution in [0.15, 0.2) is 36.1 Å². The predicted octanol–water partition coefficient (Wildman–Crippen LogP) is 4.39. The Kier molecular flexibility index (Phi) is 6.76. The zero-order valence-corrected chi connectivity index (χ0v) is 13.9. The quantitative estimate of drug-likeness (QED) is 0.425. The van der Waals surface area contributed by atoms with Gasteiger partial charge in [-0.2, -0.15) is 0 Å². The number of halogens is 1. The number of benzene rings is 1. The number of rotatable bonds is 7. The van der Waals surface area contributed by atoms with Gasteiger partial charge in [0, 0.05) is 5.02 Å². The highest BCUT2D eigenvalue weighted by atomic mass is 35.5. The largest absolute Gasteiger partial charge is 0.487 e. The van der Waals surface area contributed by atoms with E-state index in [-0.39, 0.29) is 11.2 Å². The molecule has 21 heavy (non-hydrogen) atoms. The average Bonchev–Trinajstić information content (AvgIpc) is 2.37. The van der Waals surface area contributed by atoms with Crippen LogP contribution < -0.4 is 0 Å². The summed E-state index contributed by atoms with van der Waals surface area (Å²) in [5, 5.41) is 0.711. The molecule has 116 valence electrons. The summed E-state index contributed by atoms with van der Waals surface area (Å²) in [5.74, 6) is -0.148. The van der Waals surface area contributed by atoms with Gasteiger partial charge in [-0.15, -0.1) is 0 Å². The minimum Gasteiger partial charge on any atom is -0.487 e. The summed E-state index contributed by atoms with van der Waals surface area (Å²) in [6.07, 6.45) is 2.58. The fraction of sp³-hybridized carbons (Fsp3) is 0.471. The molecule has 0 amide bonds. The molecule has 1 aromatic carbocycles. The summed E-state index contributed by atoms with van der Waals surface area (Å²) in [6.45, 7) is 8.48. The average molecular weight is 311 g/mol. The van der Waals surface area contributed by atoms with Gasteiger partial charge in [-0.3, -0.25) is 0 Å². The molecule has 3 nitrogen and oxygen atoms in total. The molecular formula is C17H23ClO3. The molecule has 1 rings (SSSR count). The second-order valence-electron chi connectivity index (χ2n) is 5.46. The van der Waals surface area contributed by atoms with Gasteiger partial charge in [0.25, 0.3) is 0 Å². The van der Waals surface area contributed by atoms with Crippen molar-refractivity contribution in [1.29, 1.82) is 0 Å². The molecule has 0 saturated heterocycles. The van der Waals surface area contributed by atoms with Gasteiger partial charge in [-0.05, 0) is 49.5 Å². The van der Waals surface area contributed by atoms with Crippen LogP contribution in [0.25, 0.3) is 0 Å². The van der Waals surface area contributed by atoms with Crippen LogP contribution in [-0.4, -0.2) is 19.2 Å². The highest BCUT2D eigenvalue weighted by Crippen LogP contribution is 2.27. The highest BCUT2D eigenvalue weighted by molar-refractivity contribution is 6.30. The third-order valence-electron chi connectivity index (χ3n) is 2.85. The lowest BCUT2D eigenvalue weighted by Gasteiger charge is -2.22. The zero-order valence-electron chi connectivity index (χ0n) is 13.1. The molecule has 0 unspecified atom stereocenters. The molecule has 0 radical (unpaired) electrons. The van der Waals surface area contributed by atoms with E-state index in [2.05, 4.69) is 0 Å². The summed E-state index contributed by atoms with van der Waals surface area (Å²) in [4.78, 5) is 11.9. The molecule has 0 fully saturated rings. The van der Waals surface area contributed by atoms with E-state index >= 15 is 0 Å².